The van der Waals surface area contributed by atoms with Crippen molar-refractivity contribution in [2.75, 3.05) is 6.54 Å². The Bertz CT molecular complexity index is 1340. The third-order valence-corrected chi connectivity index (χ3v) is 10.9. The molecule has 1 aromatic rings. The predicted octanol–water partition coefficient (Wildman–Crippen LogP) is 2.07. The Labute approximate surface area is 269 Å². The van der Waals surface area contributed by atoms with Crippen LogP contribution in [0.5, 0.6) is 0 Å². The molecule has 1 aliphatic heterocycles. The molecule has 46 heavy (non-hydrogen) atoms. The van der Waals surface area contributed by atoms with E-state index in [4.69, 9.17) is 5.73 Å². The molecule has 5 amide bonds. The molecule has 3 aliphatic carbocycles. The number of Topliss-reactive ketones (excluding diaryl/α,β-unsaturated/α-hetero) is 1. The molecule has 0 radical (unpaired) electrons. The van der Waals surface area contributed by atoms with Gasteiger partial charge in [-0.2, -0.15) is 0 Å². The highest BCUT2D eigenvalue weighted by molar-refractivity contribution is 6.37. The van der Waals surface area contributed by atoms with Crippen LogP contribution in [0.2, 0.25) is 0 Å². The van der Waals surface area contributed by atoms with E-state index in [1.54, 1.807) is 0 Å². The van der Waals surface area contributed by atoms with Crippen LogP contribution in [0.1, 0.15) is 82.8 Å². The van der Waals surface area contributed by atoms with E-state index in [0.29, 0.717) is 51.4 Å². The standard InChI is InChI=1S/C34H47N5O7/c1-19(2)24-17-26(30(42)36-25(28(40)29(35)41)14-20-8-7-9-20)39(18-24)31(43)27(23-15-21-10-3-4-11-22(21)16-23)37-33(46)38-34(32(44)45)12-5-6-13-34/h3-4,10-11,19-20,23-27H,5-9,12-18H2,1-2H3,(H2,35,41)(H,36,42)(H,44,45)(H2,37,38,46)/t24-,25?,26+,27+/m1/s1. The molecule has 1 aromatic carbocycles. The molecule has 0 bridgehead atoms. The van der Waals surface area contributed by atoms with E-state index in [0.717, 1.165) is 30.4 Å². The van der Waals surface area contributed by atoms with Crippen LogP contribution in [-0.2, 0) is 36.8 Å². The number of carbonyl (C=O) groups is 6. The minimum atomic E-state index is -1.39. The van der Waals surface area contributed by atoms with E-state index in [-0.39, 0.29) is 30.2 Å². The zero-order valence-electron chi connectivity index (χ0n) is 26.8. The summed E-state index contributed by atoms with van der Waals surface area (Å²) in [4.78, 5) is 80.1. The molecule has 1 heterocycles. The van der Waals surface area contributed by atoms with Crippen LogP contribution in [0.15, 0.2) is 24.3 Å². The fourth-order valence-corrected chi connectivity index (χ4v) is 7.73. The SMILES string of the molecule is CC(C)[C@@H]1C[C@@H](C(=O)NC(CC2CCC2)C(=O)C(N)=O)N(C(=O)[C@@H](NC(=O)NC2(C(=O)O)CCCC2)C2Cc3ccccc3C2)C1. The Balaban J connectivity index is 1.39. The van der Waals surface area contributed by atoms with Gasteiger partial charge in [-0.25, -0.2) is 9.59 Å². The molecular weight excluding hydrogens is 590 g/mol. The minimum Gasteiger partial charge on any atom is -0.480 e. The van der Waals surface area contributed by atoms with Gasteiger partial charge in [-0.05, 0) is 73.3 Å². The zero-order chi connectivity index (χ0) is 33.2. The fraction of sp³-hybridized carbons (Fsp3) is 0.647. The molecule has 4 atom stereocenters. The molecular formula is C34H47N5O7. The Morgan fingerprint density at radius 2 is 1.59 bits per heavy atom. The molecule has 3 fully saturated rings. The summed E-state index contributed by atoms with van der Waals surface area (Å²) < 4.78 is 0. The lowest BCUT2D eigenvalue weighted by molar-refractivity contribution is -0.144. The van der Waals surface area contributed by atoms with Crippen molar-refractivity contribution < 1.29 is 33.9 Å². The predicted molar refractivity (Wildman–Crippen MR) is 168 cm³/mol. The maximum Gasteiger partial charge on any atom is 0.329 e. The van der Waals surface area contributed by atoms with Gasteiger partial charge in [0.1, 0.15) is 17.6 Å². The van der Waals surface area contributed by atoms with E-state index in [1.807, 2.05) is 38.1 Å². The summed E-state index contributed by atoms with van der Waals surface area (Å²) in [7, 11) is 0. The topological polar surface area (TPSA) is 188 Å². The molecule has 1 saturated heterocycles. The van der Waals surface area contributed by atoms with Gasteiger partial charge in [0.05, 0.1) is 6.04 Å². The van der Waals surface area contributed by atoms with Crippen LogP contribution >= 0.6 is 0 Å². The zero-order valence-corrected chi connectivity index (χ0v) is 26.8. The second kappa shape index (κ2) is 13.8. The second-order valence-corrected chi connectivity index (χ2v) is 14.2. The second-order valence-electron chi connectivity index (χ2n) is 14.2. The molecule has 1 unspecified atom stereocenters. The average molecular weight is 638 g/mol. The van der Waals surface area contributed by atoms with E-state index in [9.17, 15) is 33.9 Å². The number of primary amides is 1. The van der Waals surface area contributed by atoms with Crippen LogP contribution in [0.25, 0.3) is 0 Å². The van der Waals surface area contributed by atoms with Crippen molar-refractivity contribution in [2.45, 2.75) is 108 Å². The first kappa shape index (κ1) is 33.4. The van der Waals surface area contributed by atoms with Crippen molar-refractivity contribution in [1.29, 1.82) is 0 Å². The maximum atomic E-state index is 14.6. The monoisotopic (exact) mass is 637 g/mol. The van der Waals surface area contributed by atoms with Gasteiger partial charge in [0.15, 0.2) is 0 Å². The number of fused-ring (bicyclic) bond motifs is 1. The number of benzene rings is 1. The number of rotatable bonds is 12. The smallest absolute Gasteiger partial charge is 0.329 e. The molecule has 250 valence electrons. The number of nitrogens with zero attached hydrogens (tertiary/aromatic N) is 1. The van der Waals surface area contributed by atoms with Crippen LogP contribution in [0, 0.1) is 23.7 Å². The highest BCUT2D eigenvalue weighted by atomic mass is 16.4. The molecule has 0 spiro atoms. The van der Waals surface area contributed by atoms with Gasteiger partial charge in [0.2, 0.25) is 17.6 Å². The van der Waals surface area contributed by atoms with Crippen molar-refractivity contribution >= 4 is 35.5 Å². The van der Waals surface area contributed by atoms with E-state index in [2.05, 4.69) is 16.0 Å². The number of amides is 5. The lowest BCUT2D eigenvalue weighted by Crippen LogP contribution is -2.62. The lowest BCUT2D eigenvalue weighted by atomic mass is 9.80. The van der Waals surface area contributed by atoms with Crippen molar-refractivity contribution in [3.8, 4) is 0 Å². The number of hydrogen-bond acceptors (Lipinski definition) is 6. The van der Waals surface area contributed by atoms with Gasteiger partial charge in [-0.3, -0.25) is 19.2 Å². The van der Waals surface area contributed by atoms with Crippen molar-refractivity contribution in [2.24, 2.45) is 29.4 Å². The van der Waals surface area contributed by atoms with Gasteiger partial charge in [-0.15, -0.1) is 0 Å². The van der Waals surface area contributed by atoms with Crippen LogP contribution in [0.4, 0.5) is 4.79 Å². The molecule has 5 rings (SSSR count). The highest BCUT2D eigenvalue weighted by Gasteiger charge is 2.48. The number of nitrogens with one attached hydrogen (secondary N) is 3. The number of carboxylic acids is 1. The summed E-state index contributed by atoms with van der Waals surface area (Å²) in [5, 5.41) is 18.2. The van der Waals surface area contributed by atoms with Gasteiger partial charge >= 0.3 is 12.0 Å². The Kier molecular flexibility index (Phi) is 10.0. The third kappa shape index (κ3) is 7.05. The van der Waals surface area contributed by atoms with Crippen molar-refractivity contribution in [3.05, 3.63) is 35.4 Å². The molecule has 2 saturated carbocycles. The number of carboxylic acid groups (broad SMARTS) is 1. The summed E-state index contributed by atoms with van der Waals surface area (Å²) in [6, 6.07) is 4.11. The number of carbonyl (C=O) groups excluding carboxylic acids is 5. The molecule has 12 nitrogen and oxygen atoms in total. The summed E-state index contributed by atoms with van der Waals surface area (Å²) in [6.07, 6.45) is 6.55. The van der Waals surface area contributed by atoms with Gasteiger partial charge in [0.25, 0.3) is 5.91 Å². The van der Waals surface area contributed by atoms with Gasteiger partial charge in [0, 0.05) is 6.54 Å². The van der Waals surface area contributed by atoms with Crippen LogP contribution < -0.4 is 21.7 Å². The van der Waals surface area contributed by atoms with Gasteiger partial charge < -0.3 is 31.7 Å². The number of ketones is 1. The normalized spacial score (nSPS) is 23.7. The summed E-state index contributed by atoms with van der Waals surface area (Å²) >= 11 is 0. The van der Waals surface area contributed by atoms with E-state index in [1.165, 1.54) is 4.90 Å². The molecule has 6 N–H and O–H groups in total. The van der Waals surface area contributed by atoms with Crippen LogP contribution in [-0.4, -0.2) is 75.7 Å². The number of likely N-dealkylation sites (tertiary alicyclic amines) is 1. The maximum absolute atomic E-state index is 14.6. The number of aliphatic carboxylic acids is 1. The van der Waals surface area contributed by atoms with Crippen molar-refractivity contribution in [3.63, 3.8) is 0 Å². The largest absolute Gasteiger partial charge is 0.480 e. The summed E-state index contributed by atoms with van der Waals surface area (Å²) in [5.41, 5.74) is 6.09. The first-order valence-corrected chi connectivity index (χ1v) is 16.7. The molecule has 12 heteroatoms. The first-order chi connectivity index (χ1) is 21.9. The number of hydrogen-bond donors (Lipinski definition) is 5. The van der Waals surface area contributed by atoms with Gasteiger partial charge in [-0.1, -0.05) is 70.2 Å². The number of nitrogens with two attached hydrogens (primary N) is 1. The third-order valence-electron chi connectivity index (χ3n) is 10.9. The van der Waals surface area contributed by atoms with E-state index < -0.39 is 59.2 Å². The summed E-state index contributed by atoms with van der Waals surface area (Å²) in [5.74, 6) is -3.98. The average Bonchev–Trinajstić information content (AvgIpc) is 3.75. The van der Waals surface area contributed by atoms with Crippen molar-refractivity contribution in [1.82, 2.24) is 20.9 Å². The summed E-state index contributed by atoms with van der Waals surface area (Å²) in [6.45, 7) is 4.32. The number of urea groups is 1. The Morgan fingerprint density at radius 3 is 2.11 bits per heavy atom. The van der Waals surface area contributed by atoms with Crippen LogP contribution in [0.3, 0.4) is 0 Å². The highest BCUT2D eigenvalue weighted by Crippen LogP contribution is 2.35. The van der Waals surface area contributed by atoms with E-state index >= 15 is 0 Å². The minimum absolute atomic E-state index is 0.0133. The first-order valence-electron chi connectivity index (χ1n) is 16.7. The quantitative estimate of drug-likeness (QED) is 0.217. The molecule has 4 aliphatic rings. The molecule has 0 aromatic heterocycles. The Hall–Kier alpha value is -3.96. The fourth-order valence-electron chi connectivity index (χ4n) is 7.73. The Morgan fingerprint density at radius 1 is 0.957 bits per heavy atom. The lowest BCUT2D eigenvalue weighted by Gasteiger charge is -2.34.